The lowest BCUT2D eigenvalue weighted by Gasteiger charge is -2.35. The molecule has 1 amide bonds. The van der Waals surface area contributed by atoms with Crippen molar-refractivity contribution in [1.29, 1.82) is 0 Å². The van der Waals surface area contributed by atoms with Crippen LogP contribution in [0.5, 0.6) is 0 Å². The molecule has 1 aromatic rings. The van der Waals surface area contributed by atoms with E-state index < -0.39 is 0 Å². The number of amides is 1. The lowest BCUT2D eigenvalue weighted by Crippen LogP contribution is -2.40. The maximum atomic E-state index is 12.2. The summed E-state index contributed by atoms with van der Waals surface area (Å²) in [4.78, 5) is 12.2. The Kier molecular flexibility index (Phi) is 4.77. The molecule has 1 aliphatic carbocycles. The number of hydrogen-bond donors (Lipinski definition) is 1. The smallest absolute Gasteiger partial charge is 0.251 e. The monoisotopic (exact) mass is 391 g/mol. The predicted molar refractivity (Wildman–Crippen MR) is 87.7 cm³/mol. The largest absolute Gasteiger partial charge is 0.349 e. The topological polar surface area (TPSA) is 29.1 Å². The molecule has 1 aromatic carbocycles. The molecule has 0 spiro atoms. The number of carbonyl (C=O) groups excluding carboxylic acids is 1. The van der Waals surface area contributed by atoms with Crippen LogP contribution in [0, 0.1) is 8.99 Å². The van der Waals surface area contributed by atoms with Gasteiger partial charge in [-0.1, -0.05) is 31.9 Å². The van der Waals surface area contributed by atoms with E-state index in [-0.39, 0.29) is 11.9 Å². The van der Waals surface area contributed by atoms with Gasteiger partial charge in [0.05, 0.1) is 5.02 Å². The Balaban J connectivity index is 2.02. The van der Waals surface area contributed by atoms with Gasteiger partial charge in [-0.3, -0.25) is 4.79 Å². The number of benzene rings is 1. The first kappa shape index (κ1) is 15.1. The van der Waals surface area contributed by atoms with E-state index >= 15 is 0 Å². The standard InChI is InChI=1S/C15H19ClINO/c1-15(2)7-3-4-11(9-15)18-14(19)10-5-6-13(17)12(16)8-10/h5-6,8,11H,3-4,7,9H2,1-2H3,(H,18,19). The maximum Gasteiger partial charge on any atom is 0.251 e. The van der Waals surface area contributed by atoms with E-state index in [1.165, 1.54) is 12.8 Å². The predicted octanol–water partition coefficient (Wildman–Crippen LogP) is 4.64. The van der Waals surface area contributed by atoms with Gasteiger partial charge in [-0.05, 0) is 65.5 Å². The number of rotatable bonds is 2. The second-order valence-corrected chi connectivity index (χ2v) is 7.63. The second kappa shape index (κ2) is 6.00. The lowest BCUT2D eigenvalue weighted by atomic mass is 9.75. The minimum Gasteiger partial charge on any atom is -0.349 e. The highest BCUT2D eigenvalue weighted by atomic mass is 127. The third-order valence-electron chi connectivity index (χ3n) is 3.72. The van der Waals surface area contributed by atoms with Crippen LogP contribution in [0.1, 0.15) is 49.9 Å². The molecule has 1 fully saturated rings. The van der Waals surface area contributed by atoms with Gasteiger partial charge in [-0.2, -0.15) is 0 Å². The van der Waals surface area contributed by atoms with Crippen molar-refractivity contribution < 1.29 is 4.79 Å². The van der Waals surface area contributed by atoms with Crippen molar-refractivity contribution in [1.82, 2.24) is 5.32 Å². The van der Waals surface area contributed by atoms with Crippen LogP contribution in [-0.4, -0.2) is 11.9 Å². The highest BCUT2D eigenvalue weighted by Crippen LogP contribution is 2.35. The van der Waals surface area contributed by atoms with Crippen LogP contribution in [0.3, 0.4) is 0 Å². The van der Waals surface area contributed by atoms with Crippen LogP contribution >= 0.6 is 34.2 Å². The van der Waals surface area contributed by atoms with Gasteiger partial charge in [0.2, 0.25) is 0 Å². The molecular formula is C15H19ClINO. The van der Waals surface area contributed by atoms with E-state index in [2.05, 4.69) is 41.8 Å². The Bertz CT molecular complexity index is 487. The van der Waals surface area contributed by atoms with Crippen LogP contribution in [-0.2, 0) is 0 Å². The second-order valence-electron chi connectivity index (χ2n) is 6.06. The molecule has 1 atom stereocenters. The minimum absolute atomic E-state index is 0.0130. The van der Waals surface area contributed by atoms with Crippen LogP contribution in [0.2, 0.25) is 5.02 Å². The minimum atomic E-state index is -0.0130. The third kappa shape index (κ3) is 4.09. The third-order valence-corrected chi connectivity index (χ3v) is 5.29. The number of hydrogen-bond acceptors (Lipinski definition) is 1. The molecule has 0 saturated heterocycles. The first-order valence-corrected chi connectivity index (χ1v) is 8.09. The first-order valence-electron chi connectivity index (χ1n) is 6.63. The molecule has 1 aliphatic rings. The Labute approximate surface area is 133 Å². The molecule has 1 unspecified atom stereocenters. The SMILES string of the molecule is CC1(C)CCCC(NC(=O)c2ccc(I)c(Cl)c2)C1. The normalized spacial score (nSPS) is 22.0. The van der Waals surface area contributed by atoms with E-state index in [1.54, 1.807) is 6.07 Å². The molecule has 2 nitrogen and oxygen atoms in total. The van der Waals surface area contributed by atoms with Crippen LogP contribution in [0.15, 0.2) is 18.2 Å². The van der Waals surface area contributed by atoms with Crippen molar-refractivity contribution in [3.05, 3.63) is 32.4 Å². The average Bonchev–Trinajstić information content (AvgIpc) is 2.31. The van der Waals surface area contributed by atoms with E-state index in [1.807, 2.05) is 12.1 Å². The van der Waals surface area contributed by atoms with E-state index in [0.29, 0.717) is 16.0 Å². The average molecular weight is 392 g/mol. The number of halogens is 2. The Morgan fingerprint density at radius 3 is 2.84 bits per heavy atom. The molecular weight excluding hydrogens is 373 g/mol. The van der Waals surface area contributed by atoms with Gasteiger partial charge in [0.25, 0.3) is 5.91 Å². The highest BCUT2D eigenvalue weighted by molar-refractivity contribution is 14.1. The zero-order valence-corrected chi connectivity index (χ0v) is 14.2. The zero-order valence-electron chi connectivity index (χ0n) is 11.3. The summed E-state index contributed by atoms with van der Waals surface area (Å²) >= 11 is 8.22. The van der Waals surface area contributed by atoms with E-state index in [4.69, 9.17) is 11.6 Å². The van der Waals surface area contributed by atoms with E-state index in [0.717, 1.165) is 16.4 Å². The van der Waals surface area contributed by atoms with Crippen LogP contribution in [0.4, 0.5) is 0 Å². The molecule has 19 heavy (non-hydrogen) atoms. The molecule has 104 valence electrons. The van der Waals surface area contributed by atoms with Crippen molar-refractivity contribution in [2.45, 2.75) is 45.6 Å². The summed E-state index contributed by atoms with van der Waals surface area (Å²) in [7, 11) is 0. The van der Waals surface area contributed by atoms with Crippen LogP contribution in [0.25, 0.3) is 0 Å². The molecule has 1 saturated carbocycles. The fourth-order valence-corrected chi connectivity index (χ4v) is 3.24. The molecule has 0 aromatic heterocycles. The fourth-order valence-electron chi connectivity index (χ4n) is 2.73. The van der Waals surface area contributed by atoms with Gasteiger partial charge >= 0.3 is 0 Å². The number of nitrogens with one attached hydrogen (secondary N) is 1. The summed E-state index contributed by atoms with van der Waals surface area (Å²) in [5.41, 5.74) is 0.980. The first-order chi connectivity index (χ1) is 8.87. The Hall–Kier alpha value is -0.290. The quantitative estimate of drug-likeness (QED) is 0.731. The Morgan fingerprint density at radius 1 is 1.47 bits per heavy atom. The van der Waals surface area contributed by atoms with Crippen molar-refractivity contribution in [3.63, 3.8) is 0 Å². The van der Waals surface area contributed by atoms with Crippen molar-refractivity contribution in [2.75, 3.05) is 0 Å². The maximum absolute atomic E-state index is 12.2. The van der Waals surface area contributed by atoms with Gasteiger partial charge in [-0.25, -0.2) is 0 Å². The Morgan fingerprint density at radius 2 is 2.21 bits per heavy atom. The summed E-state index contributed by atoms with van der Waals surface area (Å²) in [5, 5.41) is 3.77. The number of carbonyl (C=O) groups is 1. The lowest BCUT2D eigenvalue weighted by molar-refractivity contribution is 0.0902. The van der Waals surface area contributed by atoms with E-state index in [9.17, 15) is 4.79 Å². The van der Waals surface area contributed by atoms with Gasteiger partial charge in [-0.15, -0.1) is 0 Å². The van der Waals surface area contributed by atoms with Gasteiger partial charge < -0.3 is 5.32 Å². The van der Waals surface area contributed by atoms with Gasteiger partial charge in [0, 0.05) is 15.2 Å². The molecule has 0 heterocycles. The summed E-state index contributed by atoms with van der Waals surface area (Å²) < 4.78 is 0.967. The van der Waals surface area contributed by atoms with Crippen molar-refractivity contribution in [3.8, 4) is 0 Å². The molecule has 0 aliphatic heterocycles. The summed E-state index contributed by atoms with van der Waals surface area (Å²) in [5.74, 6) is -0.0130. The zero-order chi connectivity index (χ0) is 14.0. The molecule has 0 radical (unpaired) electrons. The van der Waals surface area contributed by atoms with Gasteiger partial charge in [0.15, 0.2) is 0 Å². The summed E-state index contributed by atoms with van der Waals surface area (Å²) in [6, 6.07) is 5.74. The molecule has 4 heteroatoms. The van der Waals surface area contributed by atoms with Gasteiger partial charge in [0.1, 0.15) is 0 Å². The molecule has 0 bridgehead atoms. The van der Waals surface area contributed by atoms with Crippen molar-refractivity contribution >= 4 is 40.1 Å². The molecule has 1 N–H and O–H groups in total. The summed E-state index contributed by atoms with van der Waals surface area (Å²) in [6.45, 7) is 4.54. The van der Waals surface area contributed by atoms with Crippen molar-refractivity contribution in [2.24, 2.45) is 5.41 Å². The molecule has 2 rings (SSSR count). The summed E-state index contributed by atoms with van der Waals surface area (Å²) in [6.07, 6.45) is 4.56. The fraction of sp³-hybridized carbons (Fsp3) is 0.533. The highest BCUT2D eigenvalue weighted by Gasteiger charge is 2.28. The van der Waals surface area contributed by atoms with Crippen LogP contribution < -0.4 is 5.32 Å².